The minimum atomic E-state index is -0.915. The van der Waals surface area contributed by atoms with E-state index in [2.05, 4.69) is 25.9 Å². The van der Waals surface area contributed by atoms with Crippen molar-refractivity contribution >= 4 is 21.9 Å². The topological polar surface area (TPSA) is 72.3 Å². The lowest BCUT2D eigenvalue weighted by molar-refractivity contribution is -0.138. The number of benzene rings is 1. The molecule has 0 aliphatic rings. The van der Waals surface area contributed by atoms with Crippen LogP contribution in [0.4, 0.5) is 0 Å². The van der Waals surface area contributed by atoms with Crippen LogP contribution in [0.2, 0.25) is 0 Å². The molecule has 1 aromatic heterocycles. The van der Waals surface area contributed by atoms with E-state index < -0.39 is 11.9 Å². The SMILES string of the molecule is COc1ncnc(C(Cc2ccc(Br)cc2)C(=O)O)c1C. The Morgan fingerprint density at radius 3 is 2.57 bits per heavy atom. The van der Waals surface area contributed by atoms with E-state index in [1.165, 1.54) is 13.4 Å². The number of hydrogen-bond donors (Lipinski definition) is 1. The third kappa shape index (κ3) is 3.58. The fourth-order valence-corrected chi connectivity index (χ4v) is 2.43. The largest absolute Gasteiger partial charge is 0.481 e. The van der Waals surface area contributed by atoms with Crippen LogP contribution in [0.25, 0.3) is 0 Å². The molecule has 2 aromatic rings. The number of carboxylic acid groups (broad SMARTS) is 1. The third-order valence-corrected chi connectivity index (χ3v) is 3.78. The molecule has 1 atom stereocenters. The van der Waals surface area contributed by atoms with Crippen molar-refractivity contribution in [3.05, 3.63) is 51.9 Å². The fraction of sp³-hybridized carbons (Fsp3) is 0.267. The number of hydrogen-bond acceptors (Lipinski definition) is 4. The Kier molecular flexibility index (Phi) is 4.90. The molecule has 0 aliphatic carbocycles. The van der Waals surface area contributed by atoms with E-state index in [1.807, 2.05) is 24.3 Å². The molecule has 1 aromatic carbocycles. The normalized spacial score (nSPS) is 12.0. The van der Waals surface area contributed by atoms with Gasteiger partial charge in [-0.25, -0.2) is 9.97 Å². The van der Waals surface area contributed by atoms with Gasteiger partial charge in [-0.05, 0) is 31.0 Å². The second kappa shape index (κ2) is 6.67. The molecule has 0 saturated carbocycles. The van der Waals surface area contributed by atoms with Gasteiger partial charge in [-0.3, -0.25) is 4.79 Å². The van der Waals surface area contributed by atoms with Crippen molar-refractivity contribution < 1.29 is 14.6 Å². The first-order valence-electron chi connectivity index (χ1n) is 6.35. The van der Waals surface area contributed by atoms with E-state index in [-0.39, 0.29) is 0 Å². The lowest BCUT2D eigenvalue weighted by atomic mass is 9.93. The highest BCUT2D eigenvalue weighted by molar-refractivity contribution is 9.10. The molecule has 5 nitrogen and oxygen atoms in total. The second-order valence-corrected chi connectivity index (χ2v) is 5.53. The Bertz CT molecular complexity index is 644. The zero-order valence-electron chi connectivity index (χ0n) is 11.7. The van der Waals surface area contributed by atoms with Gasteiger partial charge >= 0.3 is 5.97 Å². The summed E-state index contributed by atoms with van der Waals surface area (Å²) in [5.74, 6) is -1.24. The maximum absolute atomic E-state index is 11.6. The quantitative estimate of drug-likeness (QED) is 0.897. The molecule has 0 radical (unpaired) electrons. The Morgan fingerprint density at radius 2 is 2.00 bits per heavy atom. The Balaban J connectivity index is 2.35. The molecule has 1 heterocycles. The number of ether oxygens (including phenoxy) is 1. The molecule has 110 valence electrons. The summed E-state index contributed by atoms with van der Waals surface area (Å²) in [5.41, 5.74) is 2.07. The molecule has 0 bridgehead atoms. The third-order valence-electron chi connectivity index (χ3n) is 3.25. The van der Waals surface area contributed by atoms with Crippen LogP contribution in [0, 0.1) is 6.92 Å². The van der Waals surface area contributed by atoms with Crippen LogP contribution in [0.15, 0.2) is 35.1 Å². The fourth-order valence-electron chi connectivity index (χ4n) is 2.16. The predicted molar refractivity (Wildman–Crippen MR) is 81.5 cm³/mol. The minimum absolute atomic E-state index is 0.365. The van der Waals surface area contributed by atoms with Crippen LogP contribution in [0.5, 0.6) is 5.88 Å². The van der Waals surface area contributed by atoms with Crippen molar-refractivity contribution in [2.45, 2.75) is 19.3 Å². The average molecular weight is 351 g/mol. The maximum atomic E-state index is 11.6. The molecule has 1 N–H and O–H groups in total. The van der Waals surface area contributed by atoms with Crippen molar-refractivity contribution in [1.29, 1.82) is 0 Å². The summed E-state index contributed by atoms with van der Waals surface area (Å²) in [7, 11) is 1.50. The van der Waals surface area contributed by atoms with Crippen LogP contribution in [0.3, 0.4) is 0 Å². The van der Waals surface area contributed by atoms with Crippen LogP contribution >= 0.6 is 15.9 Å². The number of carbonyl (C=O) groups is 1. The van der Waals surface area contributed by atoms with E-state index in [0.29, 0.717) is 23.6 Å². The van der Waals surface area contributed by atoms with Gasteiger partial charge in [0.15, 0.2) is 0 Å². The molecule has 1 unspecified atom stereocenters. The molecule has 21 heavy (non-hydrogen) atoms. The molecular weight excluding hydrogens is 336 g/mol. The van der Waals surface area contributed by atoms with E-state index >= 15 is 0 Å². The van der Waals surface area contributed by atoms with Gasteiger partial charge in [0.25, 0.3) is 0 Å². The minimum Gasteiger partial charge on any atom is -0.481 e. The zero-order chi connectivity index (χ0) is 15.4. The number of halogens is 1. The molecule has 0 spiro atoms. The smallest absolute Gasteiger partial charge is 0.312 e. The molecular formula is C15H15BrN2O3. The number of aromatic nitrogens is 2. The predicted octanol–water partition coefficient (Wildman–Crippen LogP) is 2.97. The highest BCUT2D eigenvalue weighted by Crippen LogP contribution is 2.26. The van der Waals surface area contributed by atoms with E-state index in [0.717, 1.165) is 10.0 Å². The number of nitrogens with zero attached hydrogens (tertiary/aromatic N) is 2. The lowest BCUT2D eigenvalue weighted by Gasteiger charge is -2.15. The molecule has 0 fully saturated rings. The lowest BCUT2D eigenvalue weighted by Crippen LogP contribution is -2.18. The van der Waals surface area contributed by atoms with Gasteiger partial charge in [0.05, 0.1) is 12.8 Å². The van der Waals surface area contributed by atoms with Crippen molar-refractivity contribution in [2.24, 2.45) is 0 Å². The van der Waals surface area contributed by atoms with Crippen molar-refractivity contribution in [3.63, 3.8) is 0 Å². The van der Waals surface area contributed by atoms with Crippen molar-refractivity contribution in [2.75, 3.05) is 7.11 Å². The number of aliphatic carboxylic acids is 1. The molecule has 0 aliphatic heterocycles. The summed E-state index contributed by atoms with van der Waals surface area (Å²) in [6, 6.07) is 7.57. The number of methoxy groups -OCH3 is 1. The first kappa shape index (κ1) is 15.4. The number of carboxylic acids is 1. The summed E-state index contributed by atoms with van der Waals surface area (Å²) in [6.45, 7) is 1.77. The van der Waals surface area contributed by atoms with Gasteiger partial charge in [0.1, 0.15) is 12.2 Å². The summed E-state index contributed by atoms with van der Waals surface area (Å²) in [6.07, 6.45) is 1.70. The van der Waals surface area contributed by atoms with E-state index in [4.69, 9.17) is 4.74 Å². The summed E-state index contributed by atoms with van der Waals surface area (Å²) in [5, 5.41) is 9.52. The monoisotopic (exact) mass is 350 g/mol. The maximum Gasteiger partial charge on any atom is 0.312 e. The molecule has 0 amide bonds. The van der Waals surface area contributed by atoms with Gasteiger partial charge in [-0.15, -0.1) is 0 Å². The van der Waals surface area contributed by atoms with Gasteiger partial charge < -0.3 is 9.84 Å². The highest BCUT2D eigenvalue weighted by Gasteiger charge is 2.25. The van der Waals surface area contributed by atoms with Gasteiger partial charge in [0, 0.05) is 10.0 Å². The van der Waals surface area contributed by atoms with Crippen molar-refractivity contribution in [1.82, 2.24) is 9.97 Å². The summed E-state index contributed by atoms with van der Waals surface area (Å²) < 4.78 is 6.09. The van der Waals surface area contributed by atoms with Gasteiger partial charge in [-0.2, -0.15) is 0 Å². The summed E-state index contributed by atoms with van der Waals surface area (Å²) >= 11 is 3.36. The Hall–Kier alpha value is -1.95. The zero-order valence-corrected chi connectivity index (χ0v) is 13.3. The van der Waals surface area contributed by atoms with Crippen LogP contribution in [-0.4, -0.2) is 28.2 Å². The number of rotatable bonds is 5. The first-order chi connectivity index (χ1) is 10.0. The van der Waals surface area contributed by atoms with Crippen LogP contribution < -0.4 is 4.74 Å². The Morgan fingerprint density at radius 1 is 1.33 bits per heavy atom. The molecule has 0 saturated heterocycles. The average Bonchev–Trinajstić information content (AvgIpc) is 2.47. The Labute approximate surface area is 131 Å². The second-order valence-electron chi connectivity index (χ2n) is 4.61. The van der Waals surface area contributed by atoms with Crippen LogP contribution in [0.1, 0.15) is 22.7 Å². The first-order valence-corrected chi connectivity index (χ1v) is 7.15. The van der Waals surface area contributed by atoms with Gasteiger partial charge in [-0.1, -0.05) is 28.1 Å². The summed E-state index contributed by atoms with van der Waals surface area (Å²) in [4.78, 5) is 19.7. The van der Waals surface area contributed by atoms with E-state index in [9.17, 15) is 9.90 Å². The highest BCUT2D eigenvalue weighted by atomic mass is 79.9. The standard InChI is InChI=1S/C15H15BrN2O3/c1-9-13(17-8-18-14(9)21-2)12(15(19)20)7-10-3-5-11(16)6-4-10/h3-6,8,12H,7H2,1-2H3,(H,19,20). The van der Waals surface area contributed by atoms with Crippen molar-refractivity contribution in [3.8, 4) is 5.88 Å². The molecule has 6 heteroatoms. The van der Waals surface area contributed by atoms with Crippen LogP contribution in [-0.2, 0) is 11.2 Å². The molecule has 2 rings (SSSR count). The van der Waals surface area contributed by atoms with E-state index in [1.54, 1.807) is 6.92 Å². The van der Waals surface area contributed by atoms with Gasteiger partial charge in [0.2, 0.25) is 5.88 Å².